The second-order valence-corrected chi connectivity index (χ2v) is 7.28. The summed E-state index contributed by atoms with van der Waals surface area (Å²) in [7, 11) is -3.20. The fourth-order valence-electron chi connectivity index (χ4n) is 1.38. The van der Waals surface area contributed by atoms with Crippen molar-refractivity contribution in [3.63, 3.8) is 0 Å². The van der Waals surface area contributed by atoms with Gasteiger partial charge in [0.05, 0.1) is 5.25 Å². The number of thioether (sulfide) groups is 1. The Morgan fingerprint density at radius 2 is 1.94 bits per heavy atom. The van der Waals surface area contributed by atoms with Crippen LogP contribution in [-0.2, 0) is 10.0 Å². The summed E-state index contributed by atoms with van der Waals surface area (Å²) in [6.45, 7) is 7.19. The SMILES string of the molecule is CCCNCC(C)S(=O)(=O)NC(CC)CSC. The van der Waals surface area contributed by atoms with Crippen molar-refractivity contribution in [2.75, 3.05) is 25.1 Å². The highest BCUT2D eigenvalue weighted by molar-refractivity contribution is 7.98. The Bertz CT molecular complexity index is 281. The summed E-state index contributed by atoms with van der Waals surface area (Å²) in [5.74, 6) is 0.824. The van der Waals surface area contributed by atoms with Crippen LogP contribution < -0.4 is 10.0 Å². The second kappa shape index (κ2) is 9.19. The maximum Gasteiger partial charge on any atom is 0.215 e. The lowest BCUT2D eigenvalue weighted by atomic mass is 10.3. The molecule has 0 saturated heterocycles. The normalized spacial score (nSPS) is 15.8. The van der Waals surface area contributed by atoms with Crippen molar-refractivity contribution in [2.45, 2.75) is 44.9 Å². The first kappa shape index (κ1) is 17.2. The highest BCUT2D eigenvalue weighted by atomic mass is 32.2. The van der Waals surface area contributed by atoms with E-state index in [0.717, 1.165) is 25.1 Å². The predicted octanol–water partition coefficient (Wildman–Crippen LogP) is 1.44. The molecule has 2 unspecified atom stereocenters. The van der Waals surface area contributed by atoms with Gasteiger partial charge in [0, 0.05) is 18.3 Å². The van der Waals surface area contributed by atoms with Crippen LogP contribution in [0.1, 0.15) is 33.6 Å². The Labute approximate surface area is 110 Å². The van der Waals surface area contributed by atoms with Crippen LogP contribution in [0.4, 0.5) is 0 Å². The monoisotopic (exact) mass is 282 g/mol. The molecule has 0 heterocycles. The minimum atomic E-state index is -3.20. The second-order valence-electron chi connectivity index (χ2n) is 4.24. The minimum Gasteiger partial charge on any atom is -0.315 e. The maximum atomic E-state index is 12.0. The highest BCUT2D eigenvalue weighted by Crippen LogP contribution is 2.05. The summed E-state index contributed by atoms with van der Waals surface area (Å²) in [6.07, 6.45) is 3.84. The van der Waals surface area contributed by atoms with Gasteiger partial charge in [-0.05, 0) is 32.6 Å². The van der Waals surface area contributed by atoms with Crippen molar-refractivity contribution in [1.29, 1.82) is 0 Å². The van der Waals surface area contributed by atoms with Gasteiger partial charge in [0.25, 0.3) is 0 Å². The Hall–Kier alpha value is 0.220. The fourth-order valence-corrected chi connectivity index (χ4v) is 3.49. The molecule has 2 atom stereocenters. The Morgan fingerprint density at radius 3 is 2.41 bits per heavy atom. The van der Waals surface area contributed by atoms with Gasteiger partial charge in [0.15, 0.2) is 0 Å². The van der Waals surface area contributed by atoms with Gasteiger partial charge in [-0.1, -0.05) is 13.8 Å². The third-order valence-electron chi connectivity index (χ3n) is 2.58. The van der Waals surface area contributed by atoms with Crippen LogP contribution in [0.25, 0.3) is 0 Å². The quantitative estimate of drug-likeness (QED) is 0.595. The Morgan fingerprint density at radius 1 is 1.29 bits per heavy atom. The van der Waals surface area contributed by atoms with E-state index in [1.807, 2.05) is 13.2 Å². The van der Waals surface area contributed by atoms with Crippen LogP contribution in [0.5, 0.6) is 0 Å². The number of hydrogen-bond acceptors (Lipinski definition) is 4. The van der Waals surface area contributed by atoms with E-state index in [9.17, 15) is 8.42 Å². The van der Waals surface area contributed by atoms with Crippen molar-refractivity contribution >= 4 is 21.8 Å². The van der Waals surface area contributed by atoms with E-state index < -0.39 is 10.0 Å². The van der Waals surface area contributed by atoms with Crippen LogP contribution in [0.15, 0.2) is 0 Å². The third kappa shape index (κ3) is 7.28. The average Bonchev–Trinajstić information content (AvgIpc) is 2.28. The standard InChI is InChI=1S/C11H26N2O2S2/c1-5-7-12-8-10(3)17(14,15)13-11(6-2)9-16-4/h10-13H,5-9H2,1-4H3. The van der Waals surface area contributed by atoms with Crippen molar-refractivity contribution < 1.29 is 8.42 Å². The molecule has 0 spiro atoms. The molecular weight excluding hydrogens is 256 g/mol. The van der Waals surface area contributed by atoms with Crippen molar-refractivity contribution in [2.24, 2.45) is 0 Å². The first-order chi connectivity index (χ1) is 7.97. The molecular formula is C11H26N2O2S2. The maximum absolute atomic E-state index is 12.0. The predicted molar refractivity (Wildman–Crippen MR) is 77.1 cm³/mol. The average molecular weight is 282 g/mol. The zero-order chi connectivity index (χ0) is 13.3. The molecule has 0 aromatic carbocycles. The minimum absolute atomic E-state index is 0.0450. The zero-order valence-electron chi connectivity index (χ0n) is 11.3. The van der Waals surface area contributed by atoms with Gasteiger partial charge in [0.2, 0.25) is 10.0 Å². The van der Waals surface area contributed by atoms with E-state index in [2.05, 4.69) is 17.0 Å². The van der Waals surface area contributed by atoms with Gasteiger partial charge in [-0.15, -0.1) is 0 Å². The lowest BCUT2D eigenvalue weighted by Gasteiger charge is -2.20. The molecule has 0 aromatic rings. The van der Waals surface area contributed by atoms with Gasteiger partial charge in [0.1, 0.15) is 0 Å². The van der Waals surface area contributed by atoms with Crippen molar-refractivity contribution in [3.8, 4) is 0 Å². The molecule has 0 rings (SSSR count). The van der Waals surface area contributed by atoms with E-state index in [0.29, 0.717) is 6.54 Å². The number of hydrogen-bond donors (Lipinski definition) is 2. The summed E-state index contributed by atoms with van der Waals surface area (Å²) in [4.78, 5) is 0. The molecule has 0 fully saturated rings. The summed E-state index contributed by atoms with van der Waals surface area (Å²) in [6, 6.07) is 0.0450. The van der Waals surface area contributed by atoms with E-state index >= 15 is 0 Å². The molecule has 104 valence electrons. The van der Waals surface area contributed by atoms with E-state index in [1.54, 1.807) is 18.7 Å². The first-order valence-corrected chi connectivity index (χ1v) is 9.12. The molecule has 2 N–H and O–H groups in total. The highest BCUT2D eigenvalue weighted by Gasteiger charge is 2.23. The third-order valence-corrected chi connectivity index (χ3v) is 5.20. The summed E-state index contributed by atoms with van der Waals surface area (Å²) in [5, 5.41) is 2.76. The first-order valence-electron chi connectivity index (χ1n) is 6.18. The van der Waals surface area contributed by atoms with E-state index in [1.165, 1.54) is 0 Å². The molecule has 4 nitrogen and oxygen atoms in total. The zero-order valence-corrected chi connectivity index (χ0v) is 13.0. The van der Waals surface area contributed by atoms with Crippen LogP contribution >= 0.6 is 11.8 Å². The Kier molecular flexibility index (Phi) is 9.31. The molecule has 0 aliphatic carbocycles. The lowest BCUT2D eigenvalue weighted by molar-refractivity contribution is 0.538. The molecule has 0 aliphatic heterocycles. The van der Waals surface area contributed by atoms with Gasteiger partial charge in [-0.25, -0.2) is 13.1 Å². The summed E-state index contributed by atoms with van der Waals surface area (Å²) in [5.41, 5.74) is 0. The van der Waals surface area contributed by atoms with Gasteiger partial charge < -0.3 is 5.32 Å². The Balaban J connectivity index is 4.24. The molecule has 17 heavy (non-hydrogen) atoms. The van der Waals surface area contributed by atoms with Crippen molar-refractivity contribution in [3.05, 3.63) is 0 Å². The molecule has 0 amide bonds. The van der Waals surface area contributed by atoms with Gasteiger partial charge in [-0.3, -0.25) is 0 Å². The van der Waals surface area contributed by atoms with Gasteiger partial charge >= 0.3 is 0 Å². The molecule has 0 aliphatic rings. The van der Waals surface area contributed by atoms with Crippen LogP contribution in [0.2, 0.25) is 0 Å². The van der Waals surface area contributed by atoms with Crippen LogP contribution in [-0.4, -0.2) is 44.8 Å². The molecule has 0 radical (unpaired) electrons. The number of sulfonamides is 1. The van der Waals surface area contributed by atoms with Crippen LogP contribution in [0.3, 0.4) is 0 Å². The summed E-state index contributed by atoms with van der Waals surface area (Å²) < 4.78 is 26.8. The van der Waals surface area contributed by atoms with Crippen molar-refractivity contribution in [1.82, 2.24) is 10.0 Å². The molecule has 6 heteroatoms. The van der Waals surface area contributed by atoms with Crippen LogP contribution in [0, 0.1) is 0 Å². The lowest BCUT2D eigenvalue weighted by Crippen LogP contribution is -2.44. The molecule has 0 saturated carbocycles. The largest absolute Gasteiger partial charge is 0.315 e. The summed E-state index contributed by atoms with van der Waals surface area (Å²) >= 11 is 1.67. The number of nitrogens with one attached hydrogen (secondary N) is 2. The van der Waals surface area contributed by atoms with E-state index in [-0.39, 0.29) is 11.3 Å². The number of rotatable bonds is 10. The fraction of sp³-hybridized carbons (Fsp3) is 1.00. The topological polar surface area (TPSA) is 58.2 Å². The van der Waals surface area contributed by atoms with Gasteiger partial charge in [-0.2, -0.15) is 11.8 Å². The molecule has 0 bridgehead atoms. The molecule has 0 aromatic heterocycles. The van der Waals surface area contributed by atoms with E-state index in [4.69, 9.17) is 0 Å². The smallest absolute Gasteiger partial charge is 0.215 e.